The van der Waals surface area contributed by atoms with Crippen LogP contribution in [0.15, 0.2) is 28.8 Å². The number of likely N-dealkylation sites (tertiary alicyclic amines) is 1. The fourth-order valence-corrected chi connectivity index (χ4v) is 3.32. The summed E-state index contributed by atoms with van der Waals surface area (Å²) in [4.78, 5) is 14.4. The number of hydrogen-bond acceptors (Lipinski definition) is 5. The van der Waals surface area contributed by atoms with Crippen molar-refractivity contribution in [2.45, 2.75) is 45.6 Å². The first kappa shape index (κ1) is 18.3. The van der Waals surface area contributed by atoms with E-state index in [0.717, 1.165) is 54.4 Å². The number of nitrogens with zero attached hydrogens (tertiary/aromatic N) is 2. The van der Waals surface area contributed by atoms with Crippen molar-refractivity contribution < 1.29 is 18.8 Å². The number of aryl methyl sites for hydroxylation is 2. The Kier molecular flexibility index (Phi) is 5.81. The zero-order valence-corrected chi connectivity index (χ0v) is 15.7. The molecular weight excluding hydrogens is 332 g/mol. The Bertz CT molecular complexity index is 711. The number of hydrogen-bond donors (Lipinski definition) is 0. The predicted octanol–water partition coefficient (Wildman–Crippen LogP) is 3.30. The minimum Gasteiger partial charge on any atom is -0.497 e. The molecule has 0 unspecified atom stereocenters. The van der Waals surface area contributed by atoms with Gasteiger partial charge < -0.3 is 18.9 Å². The molecule has 1 aromatic carbocycles. The van der Waals surface area contributed by atoms with Gasteiger partial charge in [-0.25, -0.2) is 0 Å². The Hall–Kier alpha value is -2.50. The molecule has 1 amide bonds. The molecule has 0 aliphatic carbocycles. The van der Waals surface area contributed by atoms with Crippen LogP contribution in [0.3, 0.4) is 0 Å². The molecule has 26 heavy (non-hydrogen) atoms. The Balaban J connectivity index is 1.44. The largest absolute Gasteiger partial charge is 0.497 e. The molecule has 1 fully saturated rings. The summed E-state index contributed by atoms with van der Waals surface area (Å²) in [6.45, 7) is 5.28. The van der Waals surface area contributed by atoms with Crippen molar-refractivity contribution in [2.24, 2.45) is 0 Å². The highest BCUT2D eigenvalue weighted by Gasteiger charge is 2.24. The van der Waals surface area contributed by atoms with Crippen molar-refractivity contribution in [3.8, 4) is 11.5 Å². The number of rotatable bonds is 6. The average molecular weight is 358 g/mol. The van der Waals surface area contributed by atoms with E-state index in [2.05, 4.69) is 5.16 Å². The summed E-state index contributed by atoms with van der Waals surface area (Å²) in [5.41, 5.74) is 1.93. The van der Waals surface area contributed by atoms with Crippen molar-refractivity contribution in [1.82, 2.24) is 10.1 Å². The standard InChI is InChI=1S/C20H26N2O4/c1-14-19(15(2)26-21-14)8-9-20(23)22-12-10-18(11-13-22)25-17-6-4-16(24-3)5-7-17/h4-7,18H,8-13H2,1-3H3. The molecule has 140 valence electrons. The smallest absolute Gasteiger partial charge is 0.222 e. The van der Waals surface area contributed by atoms with E-state index < -0.39 is 0 Å². The zero-order chi connectivity index (χ0) is 18.5. The van der Waals surface area contributed by atoms with Crippen molar-refractivity contribution in [3.63, 3.8) is 0 Å². The molecule has 0 atom stereocenters. The second kappa shape index (κ2) is 8.25. The van der Waals surface area contributed by atoms with Gasteiger partial charge in [0.25, 0.3) is 0 Å². The molecule has 2 aromatic rings. The van der Waals surface area contributed by atoms with Gasteiger partial charge in [0, 0.05) is 37.9 Å². The number of methoxy groups -OCH3 is 1. The van der Waals surface area contributed by atoms with E-state index in [-0.39, 0.29) is 12.0 Å². The van der Waals surface area contributed by atoms with E-state index in [9.17, 15) is 4.79 Å². The number of carbonyl (C=O) groups is 1. The highest BCUT2D eigenvalue weighted by molar-refractivity contribution is 5.76. The number of amides is 1. The zero-order valence-electron chi connectivity index (χ0n) is 15.7. The van der Waals surface area contributed by atoms with E-state index in [0.29, 0.717) is 12.8 Å². The van der Waals surface area contributed by atoms with Crippen LogP contribution in [0.2, 0.25) is 0 Å². The SMILES string of the molecule is COc1ccc(OC2CCN(C(=O)CCc3c(C)noc3C)CC2)cc1. The summed E-state index contributed by atoms with van der Waals surface area (Å²) < 4.78 is 16.3. The second-order valence-corrected chi connectivity index (χ2v) is 6.68. The second-order valence-electron chi connectivity index (χ2n) is 6.68. The Morgan fingerprint density at radius 1 is 1.19 bits per heavy atom. The predicted molar refractivity (Wildman–Crippen MR) is 97.5 cm³/mol. The maximum atomic E-state index is 12.5. The minimum atomic E-state index is 0.148. The summed E-state index contributed by atoms with van der Waals surface area (Å²) in [6, 6.07) is 7.62. The van der Waals surface area contributed by atoms with Gasteiger partial charge in [0.15, 0.2) is 0 Å². The quantitative estimate of drug-likeness (QED) is 0.793. The third-order valence-corrected chi connectivity index (χ3v) is 4.93. The molecule has 0 saturated carbocycles. The monoisotopic (exact) mass is 358 g/mol. The highest BCUT2D eigenvalue weighted by Crippen LogP contribution is 2.22. The van der Waals surface area contributed by atoms with Crippen LogP contribution in [0.25, 0.3) is 0 Å². The average Bonchev–Trinajstić information content (AvgIpc) is 2.99. The lowest BCUT2D eigenvalue weighted by molar-refractivity contribution is -0.132. The Morgan fingerprint density at radius 3 is 2.42 bits per heavy atom. The normalized spacial score (nSPS) is 15.1. The van der Waals surface area contributed by atoms with Crippen molar-refractivity contribution >= 4 is 5.91 Å². The van der Waals surface area contributed by atoms with Crippen LogP contribution in [0.4, 0.5) is 0 Å². The van der Waals surface area contributed by atoms with Crippen LogP contribution in [-0.4, -0.2) is 42.3 Å². The maximum Gasteiger partial charge on any atom is 0.222 e. The van der Waals surface area contributed by atoms with Gasteiger partial charge >= 0.3 is 0 Å². The molecule has 0 N–H and O–H groups in total. The first-order valence-corrected chi connectivity index (χ1v) is 9.07. The van der Waals surface area contributed by atoms with Gasteiger partial charge in [-0.15, -0.1) is 0 Å². The molecule has 2 heterocycles. The Labute approximate surface area is 154 Å². The third kappa shape index (κ3) is 4.36. The molecular formula is C20H26N2O4. The molecule has 0 spiro atoms. The minimum absolute atomic E-state index is 0.148. The number of carbonyl (C=O) groups excluding carboxylic acids is 1. The first-order valence-electron chi connectivity index (χ1n) is 9.07. The third-order valence-electron chi connectivity index (χ3n) is 4.93. The van der Waals surface area contributed by atoms with E-state index in [1.807, 2.05) is 43.0 Å². The highest BCUT2D eigenvalue weighted by atomic mass is 16.5. The lowest BCUT2D eigenvalue weighted by atomic mass is 10.0. The number of piperidine rings is 1. The van der Waals surface area contributed by atoms with Crippen LogP contribution in [0, 0.1) is 13.8 Å². The van der Waals surface area contributed by atoms with Crippen molar-refractivity contribution in [1.29, 1.82) is 0 Å². The van der Waals surface area contributed by atoms with Gasteiger partial charge in [-0.05, 0) is 44.5 Å². The van der Waals surface area contributed by atoms with Gasteiger partial charge in [0.05, 0.1) is 12.8 Å². The molecule has 1 aliphatic rings. The molecule has 1 saturated heterocycles. The summed E-state index contributed by atoms with van der Waals surface area (Å²) in [5.74, 6) is 2.65. The van der Waals surface area contributed by atoms with E-state index in [4.69, 9.17) is 14.0 Å². The van der Waals surface area contributed by atoms with Gasteiger partial charge in [0.2, 0.25) is 5.91 Å². The van der Waals surface area contributed by atoms with E-state index >= 15 is 0 Å². The molecule has 0 bridgehead atoms. The van der Waals surface area contributed by atoms with Crippen LogP contribution in [0.5, 0.6) is 11.5 Å². The summed E-state index contributed by atoms with van der Waals surface area (Å²) in [7, 11) is 1.65. The fraction of sp³-hybridized carbons (Fsp3) is 0.500. The summed E-state index contributed by atoms with van der Waals surface area (Å²) >= 11 is 0. The number of ether oxygens (including phenoxy) is 2. The van der Waals surface area contributed by atoms with Crippen molar-refractivity contribution in [3.05, 3.63) is 41.3 Å². The first-order chi connectivity index (χ1) is 12.6. The Morgan fingerprint density at radius 2 is 1.85 bits per heavy atom. The van der Waals surface area contributed by atoms with Gasteiger partial charge in [-0.3, -0.25) is 4.79 Å². The van der Waals surface area contributed by atoms with E-state index in [1.165, 1.54) is 0 Å². The van der Waals surface area contributed by atoms with Crippen LogP contribution >= 0.6 is 0 Å². The molecule has 6 nitrogen and oxygen atoms in total. The molecule has 1 aliphatic heterocycles. The number of aromatic nitrogens is 1. The van der Waals surface area contributed by atoms with Crippen LogP contribution in [0.1, 0.15) is 36.3 Å². The van der Waals surface area contributed by atoms with Crippen LogP contribution < -0.4 is 9.47 Å². The lowest BCUT2D eigenvalue weighted by Gasteiger charge is -2.32. The summed E-state index contributed by atoms with van der Waals surface area (Å²) in [5, 5.41) is 3.94. The molecule has 6 heteroatoms. The lowest BCUT2D eigenvalue weighted by Crippen LogP contribution is -2.41. The molecule has 3 rings (SSSR count). The van der Waals surface area contributed by atoms with Crippen molar-refractivity contribution in [2.75, 3.05) is 20.2 Å². The van der Waals surface area contributed by atoms with Gasteiger partial charge in [0.1, 0.15) is 23.4 Å². The van der Waals surface area contributed by atoms with Gasteiger partial charge in [-0.1, -0.05) is 5.16 Å². The topological polar surface area (TPSA) is 64.8 Å². The van der Waals surface area contributed by atoms with E-state index in [1.54, 1.807) is 7.11 Å². The molecule has 0 radical (unpaired) electrons. The fourth-order valence-electron chi connectivity index (χ4n) is 3.32. The maximum absolute atomic E-state index is 12.5. The molecule has 1 aromatic heterocycles. The summed E-state index contributed by atoms with van der Waals surface area (Å²) in [6.07, 6.45) is 3.02. The number of benzene rings is 1. The van der Waals surface area contributed by atoms with Crippen LogP contribution in [-0.2, 0) is 11.2 Å². The van der Waals surface area contributed by atoms with Gasteiger partial charge in [-0.2, -0.15) is 0 Å².